The maximum Gasteiger partial charge on any atom is 0.157 e. The first-order chi connectivity index (χ1) is 14.8. The van der Waals surface area contributed by atoms with Crippen molar-refractivity contribution in [3.63, 3.8) is 0 Å². The first kappa shape index (κ1) is 28.8. The van der Waals surface area contributed by atoms with Crippen molar-refractivity contribution in [3.8, 4) is 0 Å². The Hall–Kier alpha value is -0.240. The first-order valence-electron chi connectivity index (χ1n) is 10.1. The molecule has 1 fully saturated rings. The Kier molecular flexibility index (Phi) is 15.2. The van der Waals surface area contributed by atoms with Gasteiger partial charge in [-0.2, -0.15) is 0 Å². The van der Waals surface area contributed by atoms with Crippen LogP contribution in [-0.4, -0.2) is 61.9 Å². The van der Waals surface area contributed by atoms with Crippen LogP contribution in [0.15, 0.2) is 44.1 Å². The van der Waals surface area contributed by atoms with Crippen molar-refractivity contribution in [1.29, 1.82) is 0 Å². The van der Waals surface area contributed by atoms with E-state index in [2.05, 4.69) is 34.2 Å². The summed E-state index contributed by atoms with van der Waals surface area (Å²) in [7, 11) is 2.04. The Balaban J connectivity index is 0.000000373. The van der Waals surface area contributed by atoms with Crippen LogP contribution in [-0.2, 0) is 11.3 Å². The number of carbonyl (C=O) groups is 1. The lowest BCUT2D eigenvalue weighted by atomic mass is 10.1. The molecule has 1 atom stereocenters. The Morgan fingerprint density at radius 2 is 1.81 bits per heavy atom. The van der Waals surface area contributed by atoms with E-state index < -0.39 is 0 Å². The van der Waals surface area contributed by atoms with Crippen LogP contribution >= 0.6 is 58.2 Å². The summed E-state index contributed by atoms with van der Waals surface area (Å²) >= 11 is 23.4. The van der Waals surface area contributed by atoms with Crippen LogP contribution in [0, 0.1) is 0 Å². The number of halogens is 4. The molecule has 4 nitrogen and oxygen atoms in total. The number of thioether (sulfide) groups is 1. The molecule has 0 aliphatic carbocycles. The Morgan fingerprint density at radius 1 is 1.19 bits per heavy atom. The van der Waals surface area contributed by atoms with Crippen molar-refractivity contribution in [3.05, 3.63) is 54.7 Å². The lowest BCUT2D eigenvalue weighted by molar-refractivity contribution is -0.104. The molecule has 1 unspecified atom stereocenters. The zero-order chi connectivity index (χ0) is 23.2. The van der Waals surface area contributed by atoms with E-state index in [0.717, 1.165) is 48.5 Å². The second kappa shape index (κ2) is 16.4. The third-order valence-corrected chi connectivity index (χ3v) is 7.32. The molecule has 0 bridgehead atoms. The fourth-order valence-electron chi connectivity index (χ4n) is 3.15. The summed E-state index contributed by atoms with van der Waals surface area (Å²) in [5.74, 6) is 0. The highest BCUT2D eigenvalue weighted by atomic mass is 35.5. The van der Waals surface area contributed by atoms with Gasteiger partial charge in [-0.25, -0.2) is 0 Å². The zero-order valence-electron chi connectivity index (χ0n) is 18.2. The Labute approximate surface area is 210 Å². The number of carbonyl (C=O) groups excluding carboxylic acids is 1. The van der Waals surface area contributed by atoms with Crippen molar-refractivity contribution < 1.29 is 4.79 Å². The van der Waals surface area contributed by atoms with Crippen molar-refractivity contribution in [2.45, 2.75) is 32.9 Å². The minimum atomic E-state index is 0.330. The minimum Gasteiger partial charge on any atom is -0.318 e. The normalized spacial score (nSPS) is 17.5. The minimum absolute atomic E-state index is 0.330. The van der Waals surface area contributed by atoms with Crippen LogP contribution in [0.3, 0.4) is 0 Å². The van der Waals surface area contributed by atoms with Crippen molar-refractivity contribution in [2.75, 3.05) is 39.8 Å². The predicted octanol–water partition coefficient (Wildman–Crippen LogP) is 6.12. The van der Waals surface area contributed by atoms with Gasteiger partial charge in [-0.1, -0.05) is 77.2 Å². The van der Waals surface area contributed by atoms with E-state index in [0.29, 0.717) is 26.6 Å². The highest BCUT2D eigenvalue weighted by molar-refractivity contribution is 8.09. The van der Waals surface area contributed by atoms with Gasteiger partial charge in [0.15, 0.2) is 6.29 Å². The third-order valence-electron chi connectivity index (χ3n) is 4.86. The van der Waals surface area contributed by atoms with E-state index in [-0.39, 0.29) is 0 Å². The third kappa shape index (κ3) is 11.4. The maximum atomic E-state index is 10.2. The number of aldehydes is 1. The van der Waals surface area contributed by atoms with Gasteiger partial charge in [0, 0.05) is 60.9 Å². The van der Waals surface area contributed by atoms with Gasteiger partial charge in [0.2, 0.25) is 0 Å². The van der Waals surface area contributed by atoms with Crippen LogP contribution in [0.2, 0.25) is 5.02 Å². The van der Waals surface area contributed by atoms with Gasteiger partial charge in [-0.05, 0) is 38.1 Å². The van der Waals surface area contributed by atoms with Gasteiger partial charge >= 0.3 is 0 Å². The number of hydrogen-bond acceptors (Lipinski definition) is 5. The van der Waals surface area contributed by atoms with Crippen LogP contribution < -0.4 is 5.32 Å². The van der Waals surface area contributed by atoms with E-state index in [1.54, 1.807) is 6.92 Å². The standard InChI is InChI=1S/C16H26ClN3.C6H5Cl3OS/c1-3-16(12-18-2)20-10-8-19(9-11-20)13-14-4-6-15(17)7-5-14;1-4(8)6(9)11-5(2-7)3-10/h4-7,16,18H,3,8-13H2,1-2H3;2-3H,1H3/b;5-2+,6-4+. The van der Waals surface area contributed by atoms with Gasteiger partial charge < -0.3 is 5.32 Å². The largest absolute Gasteiger partial charge is 0.318 e. The average molecular weight is 527 g/mol. The molecule has 0 saturated carbocycles. The second-order valence-corrected chi connectivity index (χ2v) is 10.0. The molecule has 31 heavy (non-hydrogen) atoms. The molecule has 0 amide bonds. The van der Waals surface area contributed by atoms with Crippen molar-refractivity contribution >= 4 is 64.5 Å². The summed E-state index contributed by atoms with van der Waals surface area (Å²) in [4.78, 5) is 15.7. The fraction of sp³-hybridized carbons (Fsp3) is 0.500. The molecular formula is C22H31Cl4N3OS. The van der Waals surface area contributed by atoms with Gasteiger partial charge in [-0.3, -0.25) is 14.6 Å². The molecule has 1 aromatic carbocycles. The lowest BCUT2D eigenvalue weighted by Crippen LogP contribution is -2.52. The van der Waals surface area contributed by atoms with Crippen LogP contribution in [0.5, 0.6) is 0 Å². The summed E-state index contributed by atoms with van der Waals surface area (Å²) in [6.07, 6.45) is 1.83. The van der Waals surface area contributed by atoms with E-state index >= 15 is 0 Å². The van der Waals surface area contributed by atoms with Crippen LogP contribution in [0.1, 0.15) is 25.8 Å². The quantitative estimate of drug-likeness (QED) is 0.309. The molecular weight excluding hydrogens is 496 g/mol. The number of likely N-dealkylation sites (N-methyl/N-ethyl adjacent to an activating group) is 1. The summed E-state index contributed by atoms with van der Waals surface area (Å²) in [5, 5.41) is 4.56. The van der Waals surface area contributed by atoms with Crippen molar-refractivity contribution in [1.82, 2.24) is 15.1 Å². The monoisotopic (exact) mass is 525 g/mol. The van der Waals surface area contributed by atoms with Gasteiger partial charge in [0.05, 0.1) is 9.27 Å². The number of hydrogen-bond donors (Lipinski definition) is 1. The molecule has 2 rings (SSSR count). The number of nitrogens with zero attached hydrogens (tertiary/aromatic N) is 2. The molecule has 1 aromatic rings. The summed E-state index contributed by atoms with van der Waals surface area (Å²) < 4.78 is 0.352. The predicted molar refractivity (Wildman–Crippen MR) is 138 cm³/mol. The van der Waals surface area contributed by atoms with E-state index in [4.69, 9.17) is 46.4 Å². The number of rotatable bonds is 9. The van der Waals surface area contributed by atoms with E-state index in [9.17, 15) is 4.79 Å². The maximum absolute atomic E-state index is 10.2. The molecule has 0 radical (unpaired) electrons. The molecule has 0 spiro atoms. The average Bonchev–Trinajstić information content (AvgIpc) is 2.78. The van der Waals surface area contributed by atoms with Gasteiger partial charge in [-0.15, -0.1) is 0 Å². The molecule has 1 saturated heterocycles. The summed E-state index contributed by atoms with van der Waals surface area (Å²) in [5.41, 5.74) is 2.50. The highest BCUT2D eigenvalue weighted by Gasteiger charge is 2.22. The summed E-state index contributed by atoms with van der Waals surface area (Å²) in [6.45, 7) is 10.7. The van der Waals surface area contributed by atoms with E-state index in [1.807, 2.05) is 19.2 Å². The number of benzene rings is 1. The topological polar surface area (TPSA) is 35.6 Å². The Bertz CT molecular complexity index is 716. The zero-order valence-corrected chi connectivity index (χ0v) is 22.1. The molecule has 1 heterocycles. The first-order valence-corrected chi connectivity index (χ1v) is 12.5. The number of nitrogens with one attached hydrogen (secondary N) is 1. The molecule has 1 aliphatic rings. The van der Waals surface area contributed by atoms with E-state index in [1.165, 1.54) is 25.1 Å². The summed E-state index contributed by atoms with van der Waals surface area (Å²) in [6, 6.07) is 8.90. The number of piperazine rings is 1. The molecule has 174 valence electrons. The lowest BCUT2D eigenvalue weighted by Gasteiger charge is -2.39. The Morgan fingerprint density at radius 3 is 2.26 bits per heavy atom. The molecule has 1 aliphatic heterocycles. The second-order valence-electron chi connectivity index (χ2n) is 7.10. The van der Waals surface area contributed by atoms with Crippen LogP contribution in [0.4, 0.5) is 0 Å². The SMILES string of the molecule is C/C(Cl)=C(/Cl)S/C(C=O)=C/Cl.CCC(CNC)N1CCN(Cc2ccc(Cl)cc2)CC1. The van der Waals surface area contributed by atoms with Crippen molar-refractivity contribution in [2.24, 2.45) is 0 Å². The van der Waals surface area contributed by atoms with Gasteiger partial charge in [0.25, 0.3) is 0 Å². The molecule has 1 N–H and O–H groups in total. The smallest absolute Gasteiger partial charge is 0.157 e. The fourth-order valence-corrected chi connectivity index (χ4v) is 4.28. The highest BCUT2D eigenvalue weighted by Crippen LogP contribution is 2.31. The molecule has 0 aromatic heterocycles. The number of allylic oxidation sites excluding steroid dienone is 2. The van der Waals surface area contributed by atoms with Gasteiger partial charge in [0.1, 0.15) is 0 Å². The van der Waals surface area contributed by atoms with Crippen LogP contribution in [0.25, 0.3) is 0 Å². The molecule has 9 heteroatoms.